The van der Waals surface area contributed by atoms with Crippen LogP contribution in [0.2, 0.25) is 0 Å². The molecule has 0 aliphatic heterocycles. The van der Waals surface area contributed by atoms with Crippen LogP contribution in [0.5, 0.6) is 17.2 Å². The lowest BCUT2D eigenvalue weighted by molar-refractivity contribution is 0.413. The molecular formula is C18H17N3O2. The van der Waals surface area contributed by atoms with Crippen LogP contribution in [0.1, 0.15) is 0 Å². The van der Waals surface area contributed by atoms with Gasteiger partial charge in [0.05, 0.1) is 19.0 Å². The molecule has 1 heterocycles. The first-order valence-corrected chi connectivity index (χ1v) is 7.13. The Morgan fingerprint density at radius 2 is 1.43 bits per heavy atom. The predicted octanol–water partition coefficient (Wildman–Crippen LogP) is 4.21. The number of benzene rings is 2. The summed E-state index contributed by atoms with van der Waals surface area (Å²) in [5.41, 5.74) is 7.18. The van der Waals surface area contributed by atoms with Crippen molar-refractivity contribution in [2.75, 3.05) is 18.2 Å². The zero-order valence-electron chi connectivity index (χ0n) is 12.7. The Morgan fingerprint density at radius 3 is 2.00 bits per heavy atom. The third kappa shape index (κ3) is 3.91. The fraction of sp³-hybridized carbons (Fsp3) is 0.0556. The Hall–Kier alpha value is -3.21. The van der Waals surface area contributed by atoms with Crippen LogP contribution < -0.4 is 20.5 Å². The van der Waals surface area contributed by atoms with Crippen LogP contribution in [0.4, 0.5) is 17.2 Å². The zero-order chi connectivity index (χ0) is 16.1. The van der Waals surface area contributed by atoms with Gasteiger partial charge in [0, 0.05) is 5.69 Å². The topological polar surface area (TPSA) is 69.4 Å². The van der Waals surface area contributed by atoms with E-state index in [4.69, 9.17) is 15.2 Å². The molecule has 1 aromatic heterocycles. The highest BCUT2D eigenvalue weighted by atomic mass is 16.5. The number of nitrogens with one attached hydrogen (secondary N) is 1. The Bertz CT molecular complexity index is 754. The Kier molecular flexibility index (Phi) is 4.29. The van der Waals surface area contributed by atoms with Gasteiger partial charge in [0.15, 0.2) is 0 Å². The van der Waals surface area contributed by atoms with Gasteiger partial charge in [-0.25, -0.2) is 4.98 Å². The minimum atomic E-state index is 0.638. The zero-order valence-corrected chi connectivity index (χ0v) is 12.7. The Balaban J connectivity index is 1.65. The van der Waals surface area contributed by atoms with Gasteiger partial charge >= 0.3 is 0 Å². The number of anilines is 3. The first kappa shape index (κ1) is 14.7. The van der Waals surface area contributed by atoms with Gasteiger partial charge in [0.25, 0.3) is 0 Å². The number of nitrogens with two attached hydrogens (primary N) is 1. The largest absolute Gasteiger partial charge is 0.497 e. The number of rotatable bonds is 5. The average Bonchev–Trinajstić information content (AvgIpc) is 2.59. The summed E-state index contributed by atoms with van der Waals surface area (Å²) >= 11 is 0. The van der Waals surface area contributed by atoms with Crippen LogP contribution in [0, 0.1) is 0 Å². The van der Waals surface area contributed by atoms with Crippen LogP contribution >= 0.6 is 0 Å². The van der Waals surface area contributed by atoms with Gasteiger partial charge in [-0.1, -0.05) is 0 Å². The fourth-order valence-corrected chi connectivity index (χ4v) is 2.01. The lowest BCUT2D eigenvalue weighted by atomic mass is 10.3. The number of nitrogen functional groups attached to an aromatic ring is 1. The molecular weight excluding hydrogens is 290 g/mol. The Morgan fingerprint density at radius 1 is 0.826 bits per heavy atom. The Labute approximate surface area is 134 Å². The summed E-state index contributed by atoms with van der Waals surface area (Å²) in [6, 6.07) is 18.7. The molecule has 0 aliphatic carbocycles. The second-order valence-corrected chi connectivity index (χ2v) is 4.90. The van der Waals surface area contributed by atoms with E-state index in [2.05, 4.69) is 10.3 Å². The first-order chi connectivity index (χ1) is 11.2. The van der Waals surface area contributed by atoms with Gasteiger partial charge in [-0.05, 0) is 60.7 Å². The minimum absolute atomic E-state index is 0.638. The van der Waals surface area contributed by atoms with Gasteiger partial charge in [-0.2, -0.15) is 0 Å². The second kappa shape index (κ2) is 6.70. The van der Waals surface area contributed by atoms with Crippen molar-refractivity contribution >= 4 is 17.2 Å². The van der Waals surface area contributed by atoms with Crippen LogP contribution in [0.25, 0.3) is 0 Å². The van der Waals surface area contributed by atoms with Crippen LogP contribution in [0.3, 0.4) is 0 Å². The molecule has 5 heteroatoms. The summed E-state index contributed by atoms with van der Waals surface area (Å²) in [7, 11) is 1.64. The quantitative estimate of drug-likeness (QED) is 0.739. The van der Waals surface area contributed by atoms with Crippen molar-refractivity contribution in [2.45, 2.75) is 0 Å². The van der Waals surface area contributed by atoms with Crippen molar-refractivity contribution < 1.29 is 9.47 Å². The highest BCUT2D eigenvalue weighted by Crippen LogP contribution is 2.25. The van der Waals surface area contributed by atoms with E-state index >= 15 is 0 Å². The lowest BCUT2D eigenvalue weighted by Gasteiger charge is -2.09. The molecule has 2 aromatic carbocycles. The molecule has 116 valence electrons. The molecule has 23 heavy (non-hydrogen) atoms. The van der Waals surface area contributed by atoms with Crippen molar-refractivity contribution in [1.82, 2.24) is 4.98 Å². The fourth-order valence-electron chi connectivity index (χ4n) is 2.01. The van der Waals surface area contributed by atoms with Gasteiger partial charge in [0.1, 0.15) is 23.1 Å². The number of hydrogen-bond donors (Lipinski definition) is 2. The number of aromatic nitrogens is 1. The summed E-state index contributed by atoms with van der Waals surface area (Å²) < 4.78 is 10.9. The average molecular weight is 307 g/mol. The summed E-state index contributed by atoms with van der Waals surface area (Å²) in [4.78, 5) is 4.20. The van der Waals surface area contributed by atoms with E-state index in [-0.39, 0.29) is 0 Å². The normalized spacial score (nSPS) is 10.1. The monoisotopic (exact) mass is 307 g/mol. The van der Waals surface area contributed by atoms with E-state index in [0.29, 0.717) is 5.69 Å². The SMILES string of the molecule is COc1ccc(Oc2ccc(Nc3ccc(N)cn3)cc2)cc1. The molecule has 0 amide bonds. The van der Waals surface area contributed by atoms with E-state index in [1.54, 1.807) is 19.4 Å². The molecule has 3 aromatic rings. The number of nitrogens with zero attached hydrogens (tertiary/aromatic N) is 1. The molecule has 0 radical (unpaired) electrons. The summed E-state index contributed by atoms with van der Waals surface area (Å²) in [6.07, 6.45) is 1.61. The number of ether oxygens (including phenoxy) is 2. The molecule has 3 N–H and O–H groups in total. The maximum Gasteiger partial charge on any atom is 0.130 e. The van der Waals surface area contributed by atoms with E-state index in [1.807, 2.05) is 54.6 Å². The number of hydrogen-bond acceptors (Lipinski definition) is 5. The summed E-state index contributed by atoms with van der Waals surface area (Å²) in [6.45, 7) is 0. The van der Waals surface area contributed by atoms with Gasteiger partial charge in [0.2, 0.25) is 0 Å². The number of methoxy groups -OCH3 is 1. The van der Waals surface area contributed by atoms with Gasteiger partial charge in [-0.3, -0.25) is 0 Å². The molecule has 3 rings (SSSR count). The third-order valence-electron chi connectivity index (χ3n) is 3.21. The first-order valence-electron chi connectivity index (χ1n) is 7.13. The smallest absolute Gasteiger partial charge is 0.130 e. The predicted molar refractivity (Wildman–Crippen MR) is 91.4 cm³/mol. The van der Waals surface area contributed by atoms with Crippen molar-refractivity contribution in [3.05, 3.63) is 66.9 Å². The van der Waals surface area contributed by atoms with E-state index in [9.17, 15) is 0 Å². The lowest BCUT2D eigenvalue weighted by Crippen LogP contribution is -1.94. The van der Waals surface area contributed by atoms with E-state index in [0.717, 1.165) is 28.8 Å². The van der Waals surface area contributed by atoms with Gasteiger partial charge in [-0.15, -0.1) is 0 Å². The highest BCUT2D eigenvalue weighted by molar-refractivity contribution is 5.58. The molecule has 0 unspecified atom stereocenters. The second-order valence-electron chi connectivity index (χ2n) is 4.90. The summed E-state index contributed by atoms with van der Waals surface area (Å²) in [5, 5.41) is 3.20. The molecule has 0 atom stereocenters. The van der Waals surface area contributed by atoms with Crippen molar-refractivity contribution in [1.29, 1.82) is 0 Å². The highest BCUT2D eigenvalue weighted by Gasteiger charge is 2.00. The standard InChI is InChI=1S/C18H17N3O2/c1-22-15-7-9-17(10-8-15)23-16-5-3-14(4-6-16)21-18-11-2-13(19)12-20-18/h2-12H,19H2,1H3,(H,20,21). The minimum Gasteiger partial charge on any atom is -0.497 e. The number of pyridine rings is 1. The molecule has 0 aliphatic rings. The maximum absolute atomic E-state index is 5.78. The maximum atomic E-state index is 5.78. The van der Waals surface area contributed by atoms with Crippen LogP contribution in [-0.4, -0.2) is 12.1 Å². The van der Waals surface area contributed by atoms with Crippen LogP contribution in [0.15, 0.2) is 66.9 Å². The van der Waals surface area contributed by atoms with E-state index < -0.39 is 0 Å². The van der Waals surface area contributed by atoms with Crippen molar-refractivity contribution in [3.8, 4) is 17.2 Å². The molecule has 0 saturated carbocycles. The van der Waals surface area contributed by atoms with Crippen molar-refractivity contribution in [2.24, 2.45) is 0 Å². The van der Waals surface area contributed by atoms with Crippen LogP contribution in [-0.2, 0) is 0 Å². The summed E-state index contributed by atoms with van der Waals surface area (Å²) in [5.74, 6) is 3.05. The molecule has 0 spiro atoms. The van der Waals surface area contributed by atoms with E-state index in [1.165, 1.54) is 0 Å². The molecule has 0 fully saturated rings. The molecule has 0 saturated heterocycles. The third-order valence-corrected chi connectivity index (χ3v) is 3.21. The molecule has 0 bridgehead atoms. The molecule has 5 nitrogen and oxygen atoms in total. The van der Waals surface area contributed by atoms with Crippen molar-refractivity contribution in [3.63, 3.8) is 0 Å². The van der Waals surface area contributed by atoms with Gasteiger partial charge < -0.3 is 20.5 Å².